The van der Waals surface area contributed by atoms with Crippen LogP contribution < -0.4 is 5.32 Å². The van der Waals surface area contributed by atoms with Crippen molar-refractivity contribution in [3.63, 3.8) is 0 Å². The summed E-state index contributed by atoms with van der Waals surface area (Å²) in [4.78, 5) is 12.5. The molecule has 4 rings (SSSR count). The van der Waals surface area contributed by atoms with Gasteiger partial charge in [-0.3, -0.25) is 4.79 Å². The van der Waals surface area contributed by atoms with Crippen molar-refractivity contribution in [2.75, 3.05) is 5.75 Å². The van der Waals surface area contributed by atoms with Crippen molar-refractivity contribution in [2.45, 2.75) is 43.4 Å². The lowest BCUT2D eigenvalue weighted by Crippen LogP contribution is -2.28. The quantitative estimate of drug-likeness (QED) is 0.452. The molecule has 2 aromatic carbocycles. The van der Waals surface area contributed by atoms with Crippen LogP contribution in [-0.4, -0.2) is 26.4 Å². The van der Waals surface area contributed by atoms with Crippen molar-refractivity contribution in [1.82, 2.24) is 20.1 Å². The minimum atomic E-state index is -0.216. The zero-order valence-corrected chi connectivity index (χ0v) is 18.8. The molecule has 156 valence electrons. The van der Waals surface area contributed by atoms with E-state index in [1.807, 2.05) is 31.2 Å². The second kappa shape index (κ2) is 9.41. The molecule has 0 bridgehead atoms. The fourth-order valence-corrected chi connectivity index (χ4v) is 4.64. The number of thioether (sulfide) groups is 1. The highest BCUT2D eigenvalue weighted by molar-refractivity contribution is 7.99. The van der Waals surface area contributed by atoms with Crippen LogP contribution >= 0.6 is 35.0 Å². The van der Waals surface area contributed by atoms with Gasteiger partial charge in [-0.05, 0) is 43.0 Å². The Hall–Kier alpha value is -2.02. The van der Waals surface area contributed by atoms with Gasteiger partial charge in [0.05, 0.1) is 18.3 Å². The van der Waals surface area contributed by atoms with Gasteiger partial charge < -0.3 is 9.88 Å². The number of nitrogens with zero attached hydrogens (tertiary/aromatic N) is 3. The monoisotopic (exact) mass is 460 g/mol. The fourth-order valence-electron chi connectivity index (χ4n) is 3.31. The van der Waals surface area contributed by atoms with E-state index in [1.165, 1.54) is 17.3 Å². The first-order valence-electron chi connectivity index (χ1n) is 9.85. The lowest BCUT2D eigenvalue weighted by atomic mass is 10.1. The first kappa shape index (κ1) is 21.2. The molecule has 0 unspecified atom stereocenters. The smallest absolute Gasteiger partial charge is 0.230 e. The Morgan fingerprint density at radius 1 is 1.20 bits per heavy atom. The van der Waals surface area contributed by atoms with E-state index in [4.69, 9.17) is 23.2 Å². The van der Waals surface area contributed by atoms with Gasteiger partial charge in [0.1, 0.15) is 5.82 Å². The molecule has 3 aromatic rings. The molecule has 1 aromatic heterocycles. The molecule has 1 amide bonds. The van der Waals surface area contributed by atoms with Gasteiger partial charge in [0.25, 0.3) is 0 Å². The lowest BCUT2D eigenvalue weighted by Gasteiger charge is -2.16. The SMILES string of the molecule is C[C@H](NC(=O)CSc1nnc(C2CC2)n1Cc1ccccc1)c1ccc(Cl)cc1Cl. The third kappa shape index (κ3) is 5.17. The number of halogens is 2. The average molecular weight is 461 g/mol. The van der Waals surface area contributed by atoms with E-state index in [2.05, 4.69) is 32.2 Å². The topological polar surface area (TPSA) is 59.8 Å². The Morgan fingerprint density at radius 2 is 1.97 bits per heavy atom. The van der Waals surface area contributed by atoms with Crippen LogP contribution in [0, 0.1) is 0 Å². The summed E-state index contributed by atoms with van der Waals surface area (Å²) >= 11 is 13.6. The van der Waals surface area contributed by atoms with Gasteiger partial charge in [-0.15, -0.1) is 10.2 Å². The molecule has 0 aliphatic heterocycles. The van der Waals surface area contributed by atoms with Crippen molar-refractivity contribution in [3.8, 4) is 0 Å². The van der Waals surface area contributed by atoms with E-state index in [1.54, 1.807) is 12.1 Å². The molecule has 0 radical (unpaired) electrons. The molecular weight excluding hydrogens is 439 g/mol. The molecule has 1 aliphatic carbocycles. The van der Waals surface area contributed by atoms with Gasteiger partial charge >= 0.3 is 0 Å². The highest BCUT2D eigenvalue weighted by Crippen LogP contribution is 2.40. The first-order valence-corrected chi connectivity index (χ1v) is 11.6. The number of nitrogens with one attached hydrogen (secondary N) is 1. The third-order valence-electron chi connectivity index (χ3n) is 5.01. The fraction of sp³-hybridized carbons (Fsp3) is 0.318. The van der Waals surface area contributed by atoms with Gasteiger partial charge in [-0.1, -0.05) is 71.4 Å². The number of benzene rings is 2. The number of hydrogen-bond donors (Lipinski definition) is 1. The van der Waals surface area contributed by atoms with Crippen LogP contribution in [0.15, 0.2) is 53.7 Å². The van der Waals surface area contributed by atoms with Gasteiger partial charge in [0.2, 0.25) is 5.91 Å². The molecule has 1 atom stereocenters. The number of carbonyl (C=O) groups is 1. The van der Waals surface area contributed by atoms with E-state index >= 15 is 0 Å². The first-order chi connectivity index (χ1) is 14.5. The molecule has 8 heteroatoms. The number of hydrogen-bond acceptors (Lipinski definition) is 4. The summed E-state index contributed by atoms with van der Waals surface area (Å²) in [7, 11) is 0. The van der Waals surface area contributed by atoms with E-state index in [0.717, 1.165) is 29.4 Å². The van der Waals surface area contributed by atoms with Crippen molar-refractivity contribution >= 4 is 40.9 Å². The number of carbonyl (C=O) groups excluding carboxylic acids is 1. The van der Waals surface area contributed by atoms with Crippen LogP contribution in [0.2, 0.25) is 10.0 Å². The minimum Gasteiger partial charge on any atom is -0.349 e. The molecular formula is C22H22Cl2N4OS. The molecule has 0 saturated heterocycles. The number of rotatable bonds is 8. The van der Waals surface area contributed by atoms with Crippen LogP contribution in [0.4, 0.5) is 0 Å². The Kier molecular flexibility index (Phi) is 6.66. The maximum Gasteiger partial charge on any atom is 0.230 e. The second-order valence-corrected chi connectivity index (χ2v) is 9.22. The van der Waals surface area contributed by atoms with Crippen LogP contribution in [0.1, 0.15) is 48.7 Å². The number of aromatic nitrogens is 3. The predicted octanol–water partition coefficient (Wildman–Crippen LogP) is 5.48. The van der Waals surface area contributed by atoms with Crippen molar-refractivity contribution in [3.05, 3.63) is 75.5 Å². The largest absolute Gasteiger partial charge is 0.349 e. The minimum absolute atomic E-state index is 0.0826. The maximum absolute atomic E-state index is 12.5. The van der Waals surface area contributed by atoms with Crippen LogP contribution in [0.3, 0.4) is 0 Å². The lowest BCUT2D eigenvalue weighted by molar-refractivity contribution is -0.119. The summed E-state index contributed by atoms with van der Waals surface area (Å²) in [6.45, 7) is 2.61. The zero-order chi connectivity index (χ0) is 21.1. The summed E-state index contributed by atoms with van der Waals surface area (Å²) in [5.41, 5.74) is 2.03. The molecule has 30 heavy (non-hydrogen) atoms. The summed E-state index contributed by atoms with van der Waals surface area (Å²) in [5, 5.41) is 13.7. The summed E-state index contributed by atoms with van der Waals surface area (Å²) in [6.07, 6.45) is 2.30. The van der Waals surface area contributed by atoms with Gasteiger partial charge in [0, 0.05) is 16.0 Å². The highest BCUT2D eigenvalue weighted by atomic mass is 35.5. The third-order valence-corrected chi connectivity index (χ3v) is 6.54. The van der Waals surface area contributed by atoms with Crippen LogP contribution in [0.25, 0.3) is 0 Å². The molecule has 1 saturated carbocycles. The van der Waals surface area contributed by atoms with Crippen LogP contribution in [-0.2, 0) is 11.3 Å². The average Bonchev–Trinajstić information content (AvgIpc) is 3.49. The molecule has 5 nitrogen and oxygen atoms in total. The Morgan fingerprint density at radius 3 is 2.67 bits per heavy atom. The van der Waals surface area contributed by atoms with Gasteiger partial charge in [-0.2, -0.15) is 0 Å². The highest BCUT2D eigenvalue weighted by Gasteiger charge is 2.30. The normalized spacial score (nSPS) is 14.5. The Bertz CT molecular complexity index is 1040. The maximum atomic E-state index is 12.5. The Labute approximate surface area is 190 Å². The standard InChI is InChI=1S/C22H22Cl2N4OS/c1-14(18-10-9-17(23)11-19(18)24)25-20(29)13-30-22-27-26-21(16-7-8-16)28(22)12-15-5-3-2-4-6-15/h2-6,9-11,14,16H,7-8,12-13H2,1H3,(H,25,29)/t14-/m0/s1. The van der Waals surface area contributed by atoms with Crippen LogP contribution in [0.5, 0.6) is 0 Å². The van der Waals surface area contributed by atoms with E-state index in [-0.39, 0.29) is 17.7 Å². The summed E-state index contributed by atoms with van der Waals surface area (Å²) < 4.78 is 2.14. The molecule has 1 heterocycles. The zero-order valence-electron chi connectivity index (χ0n) is 16.5. The molecule has 1 fully saturated rings. The van der Waals surface area contributed by atoms with Crippen molar-refractivity contribution in [2.24, 2.45) is 0 Å². The van der Waals surface area contributed by atoms with Gasteiger partial charge in [-0.25, -0.2) is 0 Å². The van der Waals surface area contributed by atoms with Gasteiger partial charge in [0.15, 0.2) is 5.16 Å². The summed E-state index contributed by atoms with van der Waals surface area (Å²) in [6, 6.07) is 15.3. The number of amides is 1. The van der Waals surface area contributed by atoms with E-state index in [9.17, 15) is 4.79 Å². The molecule has 0 spiro atoms. The van der Waals surface area contributed by atoms with Crippen molar-refractivity contribution in [1.29, 1.82) is 0 Å². The van der Waals surface area contributed by atoms with E-state index < -0.39 is 0 Å². The molecule has 1 N–H and O–H groups in total. The summed E-state index contributed by atoms with van der Waals surface area (Å²) in [5.74, 6) is 1.67. The second-order valence-electron chi connectivity index (χ2n) is 7.43. The Balaban J connectivity index is 1.41. The predicted molar refractivity (Wildman–Crippen MR) is 121 cm³/mol. The van der Waals surface area contributed by atoms with E-state index in [0.29, 0.717) is 22.5 Å². The molecule has 1 aliphatic rings. The van der Waals surface area contributed by atoms with Crippen molar-refractivity contribution < 1.29 is 4.79 Å².